The molecular formula is C21H24N2O. The number of hydrogen-bond donors (Lipinski definition) is 1. The van der Waals surface area contributed by atoms with E-state index in [1.807, 2.05) is 6.07 Å². The Bertz CT molecular complexity index is 930. The van der Waals surface area contributed by atoms with Gasteiger partial charge in [0, 0.05) is 32.0 Å². The summed E-state index contributed by atoms with van der Waals surface area (Å²) in [4.78, 5) is 17.0. The molecule has 0 bridgehead atoms. The number of benzene rings is 1. The lowest BCUT2D eigenvalue weighted by molar-refractivity contribution is 0.0940. The number of nitrogens with zero attached hydrogens (tertiary/aromatic N) is 1. The Labute approximate surface area is 144 Å². The van der Waals surface area contributed by atoms with Crippen molar-refractivity contribution in [1.82, 2.24) is 10.3 Å². The fraction of sp³-hybridized carbons (Fsp3) is 0.333. The predicted octanol–water partition coefficient (Wildman–Crippen LogP) is 4.42. The fourth-order valence-electron chi connectivity index (χ4n) is 3.95. The molecule has 3 aliphatic rings. The van der Waals surface area contributed by atoms with Gasteiger partial charge >= 0.3 is 0 Å². The molecule has 1 aliphatic heterocycles. The summed E-state index contributed by atoms with van der Waals surface area (Å²) >= 11 is 0. The Balaban J connectivity index is 0.000000980. The predicted molar refractivity (Wildman–Crippen MR) is 98.2 cm³/mol. The van der Waals surface area contributed by atoms with Gasteiger partial charge in [-0.05, 0) is 61.6 Å². The summed E-state index contributed by atoms with van der Waals surface area (Å²) < 4.78 is 0. The van der Waals surface area contributed by atoms with Crippen molar-refractivity contribution in [3.63, 3.8) is 0 Å². The lowest BCUT2D eigenvalue weighted by Gasteiger charge is -2.20. The monoisotopic (exact) mass is 320 g/mol. The van der Waals surface area contributed by atoms with Gasteiger partial charge < -0.3 is 5.32 Å². The number of amides is 1. The third kappa shape index (κ3) is 1.97. The van der Waals surface area contributed by atoms with Crippen molar-refractivity contribution in [2.24, 2.45) is 0 Å². The van der Waals surface area contributed by atoms with Crippen molar-refractivity contribution in [3.05, 3.63) is 70.0 Å². The maximum absolute atomic E-state index is 12.1. The number of hydrogen-bond acceptors (Lipinski definition) is 2. The van der Waals surface area contributed by atoms with Crippen LogP contribution in [-0.2, 0) is 12.0 Å². The number of carbonyl (C=O) groups excluding carboxylic acids is 1. The van der Waals surface area contributed by atoms with Gasteiger partial charge in [-0.25, -0.2) is 0 Å². The molecule has 1 aromatic carbocycles. The van der Waals surface area contributed by atoms with Crippen LogP contribution in [0, 0.1) is 0 Å². The van der Waals surface area contributed by atoms with Crippen LogP contribution < -0.4 is 5.32 Å². The molecule has 2 heterocycles. The molecule has 1 amide bonds. The Morgan fingerprint density at radius 2 is 1.96 bits per heavy atom. The highest BCUT2D eigenvalue weighted by Crippen LogP contribution is 2.41. The molecule has 3 heteroatoms. The first kappa shape index (κ1) is 14.0. The van der Waals surface area contributed by atoms with E-state index in [1.165, 1.54) is 40.9 Å². The SMILES string of the molecule is CC1(C)NC(=O)c2ccc(C3=CCc4nc(C5CC5)ccc43)cc21.[HH].[HH]. The first-order valence-electron chi connectivity index (χ1n) is 8.71. The summed E-state index contributed by atoms with van der Waals surface area (Å²) in [5, 5.41) is 3.05. The number of allylic oxidation sites excluding steroid dienone is 1. The number of aromatic nitrogens is 1. The zero-order valence-electron chi connectivity index (χ0n) is 14.0. The fourth-order valence-corrected chi connectivity index (χ4v) is 3.95. The molecule has 0 radical (unpaired) electrons. The second kappa shape index (κ2) is 4.56. The quantitative estimate of drug-likeness (QED) is 0.890. The van der Waals surface area contributed by atoms with E-state index >= 15 is 0 Å². The maximum Gasteiger partial charge on any atom is 0.252 e. The zero-order chi connectivity index (χ0) is 16.5. The van der Waals surface area contributed by atoms with E-state index in [0.29, 0.717) is 5.92 Å². The number of rotatable bonds is 2. The van der Waals surface area contributed by atoms with Crippen molar-refractivity contribution in [2.45, 2.75) is 44.6 Å². The highest BCUT2D eigenvalue weighted by Gasteiger charge is 2.35. The topological polar surface area (TPSA) is 42.0 Å². The highest BCUT2D eigenvalue weighted by atomic mass is 16.2. The summed E-state index contributed by atoms with van der Waals surface area (Å²) in [6.07, 6.45) is 5.75. The summed E-state index contributed by atoms with van der Waals surface area (Å²) in [6, 6.07) is 10.6. The third-order valence-corrected chi connectivity index (χ3v) is 5.46. The van der Waals surface area contributed by atoms with Crippen LogP contribution in [0.25, 0.3) is 5.57 Å². The van der Waals surface area contributed by atoms with Gasteiger partial charge in [0.25, 0.3) is 5.91 Å². The van der Waals surface area contributed by atoms with E-state index in [-0.39, 0.29) is 14.3 Å². The molecule has 124 valence electrons. The second-order valence-corrected chi connectivity index (χ2v) is 7.67. The number of nitrogens with one attached hydrogen (secondary N) is 1. The van der Waals surface area contributed by atoms with E-state index in [1.54, 1.807) is 0 Å². The molecule has 1 aromatic heterocycles. The number of pyridine rings is 1. The lowest BCUT2D eigenvalue weighted by Crippen LogP contribution is -2.32. The van der Waals surface area contributed by atoms with Gasteiger partial charge in [-0.3, -0.25) is 9.78 Å². The van der Waals surface area contributed by atoms with Crippen molar-refractivity contribution in [1.29, 1.82) is 0 Å². The summed E-state index contributed by atoms with van der Waals surface area (Å²) in [5.41, 5.74) is 7.70. The molecule has 2 aliphatic carbocycles. The molecule has 0 saturated heterocycles. The molecule has 1 fully saturated rings. The third-order valence-electron chi connectivity index (χ3n) is 5.46. The summed E-state index contributed by atoms with van der Waals surface area (Å²) in [5.74, 6) is 0.718. The minimum absolute atomic E-state index is 0. The van der Waals surface area contributed by atoms with Crippen molar-refractivity contribution >= 4 is 11.5 Å². The van der Waals surface area contributed by atoms with E-state index < -0.39 is 0 Å². The van der Waals surface area contributed by atoms with Crippen LogP contribution in [0.5, 0.6) is 0 Å². The van der Waals surface area contributed by atoms with Crippen LogP contribution in [0.2, 0.25) is 0 Å². The minimum atomic E-state index is -0.307. The van der Waals surface area contributed by atoms with Gasteiger partial charge in [-0.15, -0.1) is 0 Å². The van der Waals surface area contributed by atoms with Crippen LogP contribution in [0.3, 0.4) is 0 Å². The van der Waals surface area contributed by atoms with E-state index in [4.69, 9.17) is 4.98 Å². The Hall–Kier alpha value is -2.42. The van der Waals surface area contributed by atoms with Crippen LogP contribution in [0.4, 0.5) is 0 Å². The highest BCUT2D eigenvalue weighted by molar-refractivity contribution is 6.00. The van der Waals surface area contributed by atoms with Crippen LogP contribution in [0.1, 0.15) is 73.9 Å². The van der Waals surface area contributed by atoms with Gasteiger partial charge in [0.2, 0.25) is 0 Å². The lowest BCUT2D eigenvalue weighted by atomic mass is 9.90. The largest absolute Gasteiger partial charge is 0.343 e. The molecule has 0 unspecified atom stereocenters. The van der Waals surface area contributed by atoms with Crippen LogP contribution in [-0.4, -0.2) is 10.9 Å². The van der Waals surface area contributed by atoms with E-state index in [2.05, 4.69) is 49.5 Å². The standard InChI is InChI=1S/C21H20N2O.2H2/c1-21(2)17-11-13(5-6-16(17)20(24)23-21)14-7-10-19-15(14)8-9-18(22-19)12-3-4-12;;/h5-9,11-12H,3-4,10H2,1-2H3,(H,23,24);2*1H. The average molecular weight is 320 g/mol. The first-order chi connectivity index (χ1) is 11.5. The van der Waals surface area contributed by atoms with Crippen molar-refractivity contribution < 1.29 is 7.65 Å². The Morgan fingerprint density at radius 1 is 1.17 bits per heavy atom. The van der Waals surface area contributed by atoms with E-state index in [0.717, 1.165) is 17.5 Å². The van der Waals surface area contributed by atoms with Gasteiger partial charge in [-0.2, -0.15) is 0 Å². The van der Waals surface area contributed by atoms with Gasteiger partial charge in [0.1, 0.15) is 0 Å². The van der Waals surface area contributed by atoms with Gasteiger partial charge in [-0.1, -0.05) is 18.2 Å². The molecule has 24 heavy (non-hydrogen) atoms. The number of fused-ring (bicyclic) bond motifs is 2. The van der Waals surface area contributed by atoms with Gasteiger partial charge in [0.15, 0.2) is 0 Å². The summed E-state index contributed by atoms with van der Waals surface area (Å²) in [6.45, 7) is 4.11. The minimum Gasteiger partial charge on any atom is -0.343 e. The Kier molecular flexibility index (Phi) is 2.66. The maximum atomic E-state index is 12.1. The molecule has 2 aromatic rings. The molecule has 1 saturated carbocycles. The van der Waals surface area contributed by atoms with Crippen molar-refractivity contribution in [3.8, 4) is 0 Å². The molecule has 0 spiro atoms. The second-order valence-electron chi connectivity index (χ2n) is 7.67. The van der Waals surface area contributed by atoms with E-state index in [9.17, 15) is 4.79 Å². The molecule has 0 atom stereocenters. The van der Waals surface area contributed by atoms with Crippen LogP contribution >= 0.6 is 0 Å². The normalized spacial score (nSPS) is 20.4. The van der Waals surface area contributed by atoms with Crippen molar-refractivity contribution in [2.75, 3.05) is 0 Å². The van der Waals surface area contributed by atoms with Crippen LogP contribution in [0.15, 0.2) is 36.4 Å². The van der Waals surface area contributed by atoms with Gasteiger partial charge in [0.05, 0.1) is 11.2 Å². The molecule has 5 rings (SSSR count). The molecule has 3 nitrogen and oxygen atoms in total. The summed E-state index contributed by atoms with van der Waals surface area (Å²) in [7, 11) is 0. The molecule has 1 N–H and O–H groups in total. The first-order valence-corrected chi connectivity index (χ1v) is 8.71. The molecular weight excluding hydrogens is 296 g/mol. The smallest absolute Gasteiger partial charge is 0.252 e. The number of carbonyl (C=O) groups is 1. The zero-order valence-corrected chi connectivity index (χ0v) is 14.0. The average Bonchev–Trinajstić information content (AvgIpc) is 3.28. The Morgan fingerprint density at radius 3 is 2.75 bits per heavy atom.